The molecule has 2 rings (SSSR count). The molecule has 1 atom stereocenters. The molecule has 0 spiro atoms. The fraction of sp³-hybridized carbons (Fsp3) is 0.667. The summed E-state index contributed by atoms with van der Waals surface area (Å²) in [7, 11) is 0. The lowest BCUT2D eigenvalue weighted by molar-refractivity contribution is -0.137. The number of carboxylic acid groups (broad SMARTS) is 1. The van der Waals surface area contributed by atoms with Crippen molar-refractivity contribution in [3.63, 3.8) is 0 Å². The highest BCUT2D eigenvalue weighted by Gasteiger charge is 2.25. The largest absolute Gasteiger partial charge is 0.481 e. The molecule has 1 unspecified atom stereocenters. The van der Waals surface area contributed by atoms with Gasteiger partial charge in [-0.15, -0.1) is 0 Å². The number of carbonyl (C=O) groups is 1. The Morgan fingerprint density at radius 2 is 2.29 bits per heavy atom. The third kappa shape index (κ3) is 4.58. The monoisotopic (exact) mass is 293 g/mol. The zero-order chi connectivity index (χ0) is 15.4. The van der Waals surface area contributed by atoms with E-state index in [1.54, 1.807) is 0 Å². The minimum Gasteiger partial charge on any atom is -0.481 e. The number of aromatic nitrogens is 2. The van der Waals surface area contributed by atoms with E-state index in [0.29, 0.717) is 24.2 Å². The van der Waals surface area contributed by atoms with Gasteiger partial charge >= 0.3 is 5.97 Å². The van der Waals surface area contributed by atoms with Gasteiger partial charge in [0.05, 0.1) is 6.10 Å². The second-order valence-corrected chi connectivity index (χ2v) is 5.85. The van der Waals surface area contributed by atoms with Crippen LogP contribution in [0.4, 0.5) is 5.95 Å². The second kappa shape index (κ2) is 6.74. The second-order valence-electron chi connectivity index (χ2n) is 5.85. The molecule has 1 aromatic heterocycles. The highest BCUT2D eigenvalue weighted by atomic mass is 16.5. The van der Waals surface area contributed by atoms with Crippen molar-refractivity contribution in [2.75, 3.05) is 18.0 Å². The van der Waals surface area contributed by atoms with E-state index in [0.717, 1.165) is 25.2 Å². The Morgan fingerprint density at radius 1 is 1.52 bits per heavy atom. The summed E-state index contributed by atoms with van der Waals surface area (Å²) >= 11 is 0. The van der Waals surface area contributed by atoms with Gasteiger partial charge in [-0.25, -0.2) is 4.98 Å². The molecule has 1 saturated heterocycles. The van der Waals surface area contributed by atoms with E-state index in [1.165, 1.54) is 0 Å². The molecule has 0 amide bonds. The van der Waals surface area contributed by atoms with Gasteiger partial charge in [-0.1, -0.05) is 0 Å². The minimum atomic E-state index is -0.729. The van der Waals surface area contributed by atoms with Crippen LogP contribution in [0.2, 0.25) is 0 Å². The maximum absolute atomic E-state index is 10.6. The zero-order valence-electron chi connectivity index (χ0n) is 12.9. The van der Waals surface area contributed by atoms with Crippen molar-refractivity contribution in [1.29, 1.82) is 0 Å². The van der Waals surface area contributed by atoms with E-state index in [9.17, 15) is 4.79 Å². The molecule has 0 aromatic carbocycles. The molecular formula is C15H23N3O3. The summed E-state index contributed by atoms with van der Waals surface area (Å²) in [4.78, 5) is 21.7. The van der Waals surface area contributed by atoms with Crippen molar-refractivity contribution in [1.82, 2.24) is 9.97 Å². The van der Waals surface area contributed by atoms with Crippen molar-refractivity contribution in [2.24, 2.45) is 5.92 Å². The van der Waals surface area contributed by atoms with Crippen LogP contribution in [0.5, 0.6) is 5.88 Å². The molecule has 0 aliphatic carbocycles. The van der Waals surface area contributed by atoms with Crippen LogP contribution in [0.1, 0.15) is 38.8 Å². The molecule has 1 aliphatic rings. The van der Waals surface area contributed by atoms with Crippen LogP contribution in [0.3, 0.4) is 0 Å². The average Bonchev–Trinajstić information content (AvgIpc) is 2.83. The third-order valence-electron chi connectivity index (χ3n) is 3.51. The first-order valence-electron chi connectivity index (χ1n) is 7.43. The molecule has 1 N–H and O–H groups in total. The molecule has 0 saturated carbocycles. The number of aryl methyl sites for hydroxylation is 1. The zero-order valence-corrected chi connectivity index (χ0v) is 12.9. The first kappa shape index (κ1) is 15.5. The molecule has 0 bridgehead atoms. The quantitative estimate of drug-likeness (QED) is 0.867. The predicted molar refractivity (Wildman–Crippen MR) is 79.7 cm³/mol. The Labute approximate surface area is 125 Å². The lowest BCUT2D eigenvalue weighted by Gasteiger charge is -2.18. The molecule has 2 heterocycles. The third-order valence-corrected chi connectivity index (χ3v) is 3.51. The fourth-order valence-corrected chi connectivity index (χ4v) is 2.55. The number of carboxylic acids is 1. The molecule has 116 valence electrons. The summed E-state index contributed by atoms with van der Waals surface area (Å²) < 4.78 is 5.65. The topological polar surface area (TPSA) is 75.5 Å². The Hall–Kier alpha value is -1.85. The van der Waals surface area contributed by atoms with E-state index < -0.39 is 5.97 Å². The van der Waals surface area contributed by atoms with Crippen LogP contribution >= 0.6 is 0 Å². The van der Waals surface area contributed by atoms with Gasteiger partial charge < -0.3 is 14.7 Å². The van der Waals surface area contributed by atoms with Gasteiger partial charge in [0.2, 0.25) is 11.8 Å². The molecule has 6 heteroatoms. The summed E-state index contributed by atoms with van der Waals surface area (Å²) in [5, 5.41) is 8.76. The van der Waals surface area contributed by atoms with Gasteiger partial charge in [0.25, 0.3) is 0 Å². The van der Waals surface area contributed by atoms with E-state index in [-0.39, 0.29) is 12.5 Å². The normalized spacial score (nSPS) is 18.3. The van der Waals surface area contributed by atoms with Crippen LogP contribution < -0.4 is 9.64 Å². The van der Waals surface area contributed by atoms with Gasteiger partial charge in [0, 0.05) is 31.3 Å². The standard InChI is InChI=1S/C15H23N3O3/c1-10(2)21-13-8-11(3)16-15(17-13)18-7-6-12(9-18)4-5-14(19)20/h8,10,12H,4-7,9H2,1-3H3,(H,19,20). The number of aliphatic carboxylic acids is 1. The van der Waals surface area contributed by atoms with E-state index in [1.807, 2.05) is 26.8 Å². The summed E-state index contributed by atoms with van der Waals surface area (Å²) in [6.45, 7) is 7.55. The van der Waals surface area contributed by atoms with Crippen molar-refractivity contribution in [3.05, 3.63) is 11.8 Å². The smallest absolute Gasteiger partial charge is 0.303 e. The molecule has 1 aromatic rings. The van der Waals surface area contributed by atoms with E-state index in [2.05, 4.69) is 14.9 Å². The first-order valence-corrected chi connectivity index (χ1v) is 7.43. The number of hydrogen-bond acceptors (Lipinski definition) is 5. The Bertz CT molecular complexity index is 505. The summed E-state index contributed by atoms with van der Waals surface area (Å²) in [6.07, 6.45) is 2.02. The molecule has 6 nitrogen and oxygen atoms in total. The Balaban J connectivity index is 2.02. The van der Waals surface area contributed by atoms with Crippen molar-refractivity contribution >= 4 is 11.9 Å². The fourth-order valence-electron chi connectivity index (χ4n) is 2.55. The molecular weight excluding hydrogens is 270 g/mol. The van der Waals surface area contributed by atoms with Gasteiger partial charge in [-0.3, -0.25) is 4.79 Å². The van der Waals surface area contributed by atoms with Crippen LogP contribution in [-0.4, -0.2) is 40.2 Å². The summed E-state index contributed by atoms with van der Waals surface area (Å²) in [5.41, 5.74) is 0.879. The number of hydrogen-bond donors (Lipinski definition) is 1. The maximum Gasteiger partial charge on any atom is 0.303 e. The average molecular weight is 293 g/mol. The van der Waals surface area contributed by atoms with Gasteiger partial charge in [-0.2, -0.15) is 4.98 Å². The Kier molecular flexibility index (Phi) is 4.98. The van der Waals surface area contributed by atoms with Crippen molar-refractivity contribution in [2.45, 2.75) is 46.1 Å². The van der Waals surface area contributed by atoms with Crippen LogP contribution in [0, 0.1) is 12.8 Å². The highest BCUT2D eigenvalue weighted by Crippen LogP contribution is 2.26. The molecule has 21 heavy (non-hydrogen) atoms. The maximum atomic E-state index is 10.6. The van der Waals surface area contributed by atoms with Crippen LogP contribution in [-0.2, 0) is 4.79 Å². The Morgan fingerprint density at radius 3 is 2.95 bits per heavy atom. The lowest BCUT2D eigenvalue weighted by atomic mass is 10.0. The number of anilines is 1. The van der Waals surface area contributed by atoms with Crippen LogP contribution in [0.25, 0.3) is 0 Å². The number of rotatable bonds is 6. The van der Waals surface area contributed by atoms with Crippen LogP contribution in [0.15, 0.2) is 6.07 Å². The van der Waals surface area contributed by atoms with Gasteiger partial charge in [0.1, 0.15) is 0 Å². The number of ether oxygens (including phenoxy) is 1. The van der Waals surface area contributed by atoms with Crippen molar-refractivity contribution < 1.29 is 14.6 Å². The van der Waals surface area contributed by atoms with E-state index in [4.69, 9.17) is 9.84 Å². The minimum absolute atomic E-state index is 0.0778. The number of nitrogens with zero attached hydrogens (tertiary/aromatic N) is 3. The summed E-state index contributed by atoms with van der Waals surface area (Å²) in [5.74, 6) is 0.956. The van der Waals surface area contributed by atoms with Gasteiger partial charge in [0.15, 0.2) is 0 Å². The van der Waals surface area contributed by atoms with Gasteiger partial charge in [-0.05, 0) is 39.5 Å². The summed E-state index contributed by atoms with van der Waals surface area (Å²) in [6, 6.07) is 1.83. The van der Waals surface area contributed by atoms with Crippen molar-refractivity contribution in [3.8, 4) is 5.88 Å². The van der Waals surface area contributed by atoms with E-state index >= 15 is 0 Å². The highest BCUT2D eigenvalue weighted by molar-refractivity contribution is 5.66. The SMILES string of the molecule is Cc1cc(OC(C)C)nc(N2CCC(CCC(=O)O)C2)n1. The lowest BCUT2D eigenvalue weighted by Crippen LogP contribution is -2.23. The molecule has 1 fully saturated rings. The predicted octanol–water partition coefficient (Wildman–Crippen LogP) is 2.26. The first-order chi connectivity index (χ1) is 9.94. The molecule has 0 radical (unpaired) electrons. The molecule has 1 aliphatic heterocycles.